The molecule has 2 aromatic heterocycles. The molecule has 2 aromatic rings. The van der Waals surface area contributed by atoms with Gasteiger partial charge in [0.05, 0.1) is 11.7 Å². The van der Waals surface area contributed by atoms with Crippen LogP contribution in [0.2, 0.25) is 0 Å². The Morgan fingerprint density at radius 3 is 2.55 bits per heavy atom. The summed E-state index contributed by atoms with van der Waals surface area (Å²) in [5.41, 5.74) is 2.24. The van der Waals surface area contributed by atoms with Crippen molar-refractivity contribution in [2.75, 3.05) is 0 Å². The number of aromatic nitrogens is 2. The van der Waals surface area contributed by atoms with Crippen molar-refractivity contribution in [2.24, 2.45) is 0 Å². The number of amides is 1. The number of hydrogen-bond acceptors (Lipinski definition) is 4. The summed E-state index contributed by atoms with van der Waals surface area (Å²) in [4.78, 5) is 32.8. The van der Waals surface area contributed by atoms with Crippen LogP contribution in [0.5, 0.6) is 0 Å². The molecule has 0 saturated carbocycles. The van der Waals surface area contributed by atoms with Gasteiger partial charge < -0.3 is 10.3 Å². The second-order valence-corrected chi connectivity index (χ2v) is 6.70. The summed E-state index contributed by atoms with van der Waals surface area (Å²) >= 11 is 1.58. The number of rotatable bonds is 4. The third-order valence-corrected chi connectivity index (χ3v) is 4.84. The molecule has 118 valence electrons. The summed E-state index contributed by atoms with van der Waals surface area (Å²) in [5, 5.41) is 3.81. The van der Waals surface area contributed by atoms with Crippen LogP contribution in [0.15, 0.2) is 10.9 Å². The molecule has 2 heterocycles. The number of H-pyrrole nitrogens is 1. The fourth-order valence-electron chi connectivity index (χ4n) is 2.35. The molecule has 0 aromatic carbocycles. The van der Waals surface area contributed by atoms with Gasteiger partial charge in [0.15, 0.2) is 0 Å². The maximum atomic E-state index is 12.5. The second kappa shape index (κ2) is 6.44. The lowest BCUT2D eigenvalue weighted by Crippen LogP contribution is -2.33. The van der Waals surface area contributed by atoms with Gasteiger partial charge in [0.1, 0.15) is 10.6 Å². The highest BCUT2D eigenvalue weighted by Crippen LogP contribution is 2.25. The summed E-state index contributed by atoms with van der Waals surface area (Å²) in [6.45, 7) is 9.53. The van der Waals surface area contributed by atoms with Gasteiger partial charge in [-0.3, -0.25) is 9.59 Å². The van der Waals surface area contributed by atoms with Crippen LogP contribution in [0.3, 0.4) is 0 Å². The van der Waals surface area contributed by atoms with Crippen molar-refractivity contribution < 1.29 is 4.79 Å². The number of carbonyl (C=O) groups is 1. The van der Waals surface area contributed by atoms with Gasteiger partial charge in [-0.2, -0.15) is 0 Å². The Hall–Kier alpha value is -1.95. The second-order valence-electron chi connectivity index (χ2n) is 5.47. The van der Waals surface area contributed by atoms with Gasteiger partial charge in [-0.05, 0) is 45.7 Å². The summed E-state index contributed by atoms with van der Waals surface area (Å²) in [6.07, 6.45) is 0.723. The predicted octanol–water partition coefficient (Wildman–Crippen LogP) is 2.95. The fourth-order valence-corrected chi connectivity index (χ4v) is 3.41. The lowest BCUT2D eigenvalue weighted by atomic mass is 10.1. The molecular weight excluding hydrogens is 298 g/mol. The molecule has 0 fully saturated rings. The molecule has 2 rings (SSSR count). The van der Waals surface area contributed by atoms with Crippen molar-refractivity contribution in [3.63, 3.8) is 0 Å². The molecule has 0 aliphatic carbocycles. The van der Waals surface area contributed by atoms with Crippen molar-refractivity contribution in [3.05, 3.63) is 48.8 Å². The van der Waals surface area contributed by atoms with Crippen LogP contribution in [0.1, 0.15) is 56.6 Å². The van der Waals surface area contributed by atoms with E-state index < -0.39 is 0 Å². The van der Waals surface area contributed by atoms with E-state index in [1.54, 1.807) is 31.3 Å². The van der Waals surface area contributed by atoms with E-state index in [2.05, 4.69) is 15.3 Å². The third kappa shape index (κ3) is 3.27. The lowest BCUT2D eigenvalue weighted by Gasteiger charge is -2.15. The van der Waals surface area contributed by atoms with Crippen LogP contribution in [0.4, 0.5) is 0 Å². The monoisotopic (exact) mass is 319 g/mol. The maximum Gasteiger partial charge on any atom is 0.261 e. The van der Waals surface area contributed by atoms with Crippen LogP contribution in [0.25, 0.3) is 0 Å². The molecule has 0 bridgehead atoms. The summed E-state index contributed by atoms with van der Waals surface area (Å²) in [7, 11) is 0. The Bertz CT molecular complexity index is 742. The molecule has 0 saturated heterocycles. The Labute approximate surface area is 133 Å². The van der Waals surface area contributed by atoms with Crippen molar-refractivity contribution in [2.45, 2.75) is 47.1 Å². The van der Waals surface area contributed by atoms with Crippen LogP contribution in [0, 0.1) is 27.7 Å². The lowest BCUT2D eigenvalue weighted by molar-refractivity contribution is 0.0933. The van der Waals surface area contributed by atoms with Gasteiger partial charge in [-0.1, -0.05) is 6.92 Å². The molecule has 0 spiro atoms. The van der Waals surface area contributed by atoms with Gasteiger partial charge in [0, 0.05) is 10.6 Å². The van der Waals surface area contributed by atoms with E-state index in [1.807, 2.05) is 20.8 Å². The van der Waals surface area contributed by atoms with E-state index in [0.717, 1.165) is 27.7 Å². The zero-order valence-electron chi connectivity index (χ0n) is 13.5. The number of carbonyl (C=O) groups excluding carboxylic acids is 1. The van der Waals surface area contributed by atoms with Crippen molar-refractivity contribution in [3.8, 4) is 0 Å². The molecule has 5 nitrogen and oxygen atoms in total. The molecule has 0 radical (unpaired) electrons. The highest BCUT2D eigenvalue weighted by atomic mass is 32.1. The van der Waals surface area contributed by atoms with Gasteiger partial charge >= 0.3 is 0 Å². The van der Waals surface area contributed by atoms with Gasteiger partial charge in [0.25, 0.3) is 11.5 Å². The minimum Gasteiger partial charge on any atom is -0.343 e. The summed E-state index contributed by atoms with van der Waals surface area (Å²) in [5.74, 6) is -0.351. The molecule has 1 amide bonds. The standard InChI is InChI=1S/C16H21N3O2S/c1-6-12(16-18-10(4)11(5)22-16)19-15(21)13-8(2)7-9(3)17-14(13)20/h7,12H,6H2,1-5H3,(H,17,20)(H,19,21)/t12-/m0/s1. The van der Waals surface area contributed by atoms with E-state index in [1.165, 1.54) is 0 Å². The third-order valence-electron chi connectivity index (χ3n) is 3.65. The quantitative estimate of drug-likeness (QED) is 0.910. The normalized spacial score (nSPS) is 12.2. The van der Waals surface area contributed by atoms with Crippen LogP contribution in [-0.4, -0.2) is 15.9 Å². The van der Waals surface area contributed by atoms with Gasteiger partial charge in [-0.15, -0.1) is 11.3 Å². The number of nitrogens with zero attached hydrogens (tertiary/aromatic N) is 1. The number of thiazole rings is 1. The minimum atomic E-state index is -0.351. The van der Waals surface area contributed by atoms with E-state index >= 15 is 0 Å². The average molecular weight is 319 g/mol. The first-order valence-electron chi connectivity index (χ1n) is 7.28. The first kappa shape index (κ1) is 16.4. The maximum absolute atomic E-state index is 12.5. The van der Waals surface area contributed by atoms with Crippen molar-refractivity contribution in [1.82, 2.24) is 15.3 Å². The van der Waals surface area contributed by atoms with Crippen LogP contribution < -0.4 is 10.9 Å². The first-order chi connectivity index (χ1) is 10.3. The number of pyridine rings is 1. The van der Waals surface area contributed by atoms with Gasteiger partial charge in [-0.25, -0.2) is 4.98 Å². The molecule has 1 atom stereocenters. The largest absolute Gasteiger partial charge is 0.343 e. The molecule has 0 aliphatic heterocycles. The molecule has 2 N–H and O–H groups in total. The zero-order valence-corrected chi connectivity index (χ0v) is 14.4. The van der Waals surface area contributed by atoms with Crippen molar-refractivity contribution >= 4 is 17.2 Å². The summed E-state index contributed by atoms with van der Waals surface area (Å²) in [6, 6.07) is 1.62. The zero-order chi connectivity index (χ0) is 16.4. The molecule has 0 unspecified atom stereocenters. The topological polar surface area (TPSA) is 74.8 Å². The highest BCUT2D eigenvalue weighted by Gasteiger charge is 2.21. The Morgan fingerprint density at radius 1 is 1.36 bits per heavy atom. The summed E-state index contributed by atoms with van der Waals surface area (Å²) < 4.78 is 0. The minimum absolute atomic E-state index is 0.175. The molecular formula is C16H21N3O2S. The Kier molecular flexibility index (Phi) is 4.81. The first-order valence-corrected chi connectivity index (χ1v) is 8.10. The Morgan fingerprint density at radius 2 is 2.05 bits per heavy atom. The van der Waals surface area contributed by atoms with E-state index in [-0.39, 0.29) is 23.1 Å². The smallest absolute Gasteiger partial charge is 0.261 e. The fraction of sp³-hybridized carbons (Fsp3) is 0.438. The molecule has 6 heteroatoms. The van der Waals surface area contributed by atoms with E-state index in [9.17, 15) is 9.59 Å². The van der Waals surface area contributed by atoms with E-state index in [4.69, 9.17) is 0 Å². The van der Waals surface area contributed by atoms with Crippen molar-refractivity contribution in [1.29, 1.82) is 0 Å². The van der Waals surface area contributed by atoms with Crippen LogP contribution in [-0.2, 0) is 0 Å². The number of aromatic amines is 1. The van der Waals surface area contributed by atoms with Crippen LogP contribution >= 0.6 is 11.3 Å². The number of hydrogen-bond donors (Lipinski definition) is 2. The SMILES string of the molecule is CC[C@H](NC(=O)c1c(C)cc(C)[nH]c1=O)c1nc(C)c(C)s1. The van der Waals surface area contributed by atoms with Gasteiger partial charge in [0.2, 0.25) is 0 Å². The van der Waals surface area contributed by atoms with E-state index in [0.29, 0.717) is 5.56 Å². The Balaban J connectivity index is 2.29. The molecule has 22 heavy (non-hydrogen) atoms. The number of aryl methyl sites for hydroxylation is 4. The predicted molar refractivity (Wildman–Crippen MR) is 88.6 cm³/mol. The average Bonchev–Trinajstić information content (AvgIpc) is 2.74. The molecule has 0 aliphatic rings. The number of nitrogens with one attached hydrogen (secondary N) is 2. The highest BCUT2D eigenvalue weighted by molar-refractivity contribution is 7.11.